The first-order valence-electron chi connectivity index (χ1n) is 5.37. The molecular formula is C12H14FNO4. The largest absolute Gasteiger partial charge is 0.478 e. The summed E-state index contributed by atoms with van der Waals surface area (Å²) in [5, 5.41) is 11.1. The Morgan fingerprint density at radius 2 is 2.17 bits per heavy atom. The highest BCUT2D eigenvalue weighted by molar-refractivity contribution is 6.00. The van der Waals surface area contributed by atoms with Gasteiger partial charge in [-0.3, -0.25) is 4.79 Å². The number of carboxylic acids is 1. The van der Waals surface area contributed by atoms with Gasteiger partial charge in [0.2, 0.25) is 5.91 Å². The maximum absolute atomic E-state index is 13.5. The van der Waals surface area contributed by atoms with Gasteiger partial charge in [0.25, 0.3) is 0 Å². The highest BCUT2D eigenvalue weighted by Crippen LogP contribution is 2.20. The van der Waals surface area contributed by atoms with Crippen molar-refractivity contribution in [3.05, 3.63) is 29.6 Å². The number of halogens is 1. The zero-order valence-electron chi connectivity index (χ0n) is 9.90. The number of anilines is 1. The Labute approximate surface area is 104 Å². The maximum atomic E-state index is 13.5. The summed E-state index contributed by atoms with van der Waals surface area (Å²) in [6, 6.07) is 3.60. The average molecular weight is 255 g/mol. The molecule has 0 radical (unpaired) electrons. The molecule has 5 nitrogen and oxygen atoms in total. The fourth-order valence-corrected chi connectivity index (χ4v) is 1.41. The van der Waals surface area contributed by atoms with Crippen LogP contribution in [-0.2, 0) is 9.53 Å². The molecule has 0 aliphatic rings. The first-order chi connectivity index (χ1) is 8.56. The van der Waals surface area contributed by atoms with Gasteiger partial charge >= 0.3 is 5.97 Å². The van der Waals surface area contributed by atoms with Crippen LogP contribution in [0.4, 0.5) is 10.1 Å². The lowest BCUT2D eigenvalue weighted by molar-refractivity contribution is -0.116. The molecule has 0 heterocycles. The van der Waals surface area contributed by atoms with Crippen LogP contribution in [0.15, 0.2) is 18.2 Å². The molecule has 0 bridgehead atoms. The monoisotopic (exact) mass is 255 g/mol. The Morgan fingerprint density at radius 1 is 1.44 bits per heavy atom. The van der Waals surface area contributed by atoms with E-state index in [1.807, 2.05) is 0 Å². The lowest BCUT2D eigenvalue weighted by Crippen LogP contribution is -2.16. The first-order valence-corrected chi connectivity index (χ1v) is 5.37. The van der Waals surface area contributed by atoms with Crippen LogP contribution in [-0.4, -0.2) is 30.7 Å². The molecule has 1 amide bonds. The van der Waals surface area contributed by atoms with Crippen molar-refractivity contribution in [2.45, 2.75) is 12.8 Å². The smallest absolute Gasteiger partial charge is 0.337 e. The molecule has 1 aromatic carbocycles. The van der Waals surface area contributed by atoms with E-state index in [4.69, 9.17) is 9.84 Å². The topological polar surface area (TPSA) is 75.6 Å². The molecular weight excluding hydrogens is 241 g/mol. The van der Waals surface area contributed by atoms with E-state index in [0.29, 0.717) is 13.0 Å². The van der Waals surface area contributed by atoms with Gasteiger partial charge in [-0.05, 0) is 18.6 Å². The van der Waals surface area contributed by atoms with Crippen LogP contribution < -0.4 is 5.32 Å². The number of hydrogen-bond donors (Lipinski definition) is 2. The minimum absolute atomic E-state index is 0.140. The van der Waals surface area contributed by atoms with Gasteiger partial charge in [0.05, 0.1) is 11.3 Å². The summed E-state index contributed by atoms with van der Waals surface area (Å²) in [6.07, 6.45) is 0.625. The lowest BCUT2D eigenvalue weighted by Gasteiger charge is -2.09. The first kappa shape index (κ1) is 14.1. The Morgan fingerprint density at radius 3 is 2.78 bits per heavy atom. The van der Waals surface area contributed by atoms with Crippen LogP contribution in [0, 0.1) is 5.82 Å². The lowest BCUT2D eigenvalue weighted by atomic mass is 10.1. The fourth-order valence-electron chi connectivity index (χ4n) is 1.41. The second-order valence-electron chi connectivity index (χ2n) is 3.61. The molecule has 0 fully saturated rings. The Kier molecular flexibility index (Phi) is 5.26. The van der Waals surface area contributed by atoms with Gasteiger partial charge in [0.15, 0.2) is 0 Å². The third-order valence-corrected chi connectivity index (χ3v) is 2.26. The standard InChI is InChI=1S/C12H14FNO4/c1-18-7-3-6-10(15)14-11-8(12(16)17)4-2-5-9(11)13/h2,4-5H,3,6-7H2,1H3,(H,14,15)(H,16,17). The minimum Gasteiger partial charge on any atom is -0.478 e. The van der Waals surface area contributed by atoms with Gasteiger partial charge < -0.3 is 15.2 Å². The molecule has 0 saturated heterocycles. The van der Waals surface area contributed by atoms with Gasteiger partial charge in [-0.25, -0.2) is 9.18 Å². The van der Waals surface area contributed by atoms with Crippen molar-refractivity contribution in [3.63, 3.8) is 0 Å². The van der Waals surface area contributed by atoms with Crippen molar-refractivity contribution in [1.82, 2.24) is 0 Å². The number of carbonyl (C=O) groups excluding carboxylic acids is 1. The highest BCUT2D eigenvalue weighted by Gasteiger charge is 2.16. The average Bonchev–Trinajstić information content (AvgIpc) is 2.31. The number of carbonyl (C=O) groups is 2. The summed E-state index contributed by atoms with van der Waals surface area (Å²) in [5.41, 5.74) is -0.567. The Hall–Kier alpha value is -1.95. The van der Waals surface area contributed by atoms with Gasteiger partial charge in [-0.1, -0.05) is 6.07 Å². The Balaban J connectivity index is 2.77. The number of amides is 1. The third-order valence-electron chi connectivity index (χ3n) is 2.26. The van der Waals surface area contributed by atoms with E-state index in [9.17, 15) is 14.0 Å². The summed E-state index contributed by atoms with van der Waals surface area (Å²) >= 11 is 0. The predicted octanol–water partition coefficient (Wildman–Crippen LogP) is 1.89. The number of para-hydroxylation sites is 1. The van der Waals surface area contributed by atoms with Gasteiger partial charge in [0.1, 0.15) is 5.82 Å². The number of ether oxygens (including phenoxy) is 1. The van der Waals surface area contributed by atoms with E-state index in [1.54, 1.807) is 0 Å². The van der Waals surface area contributed by atoms with E-state index in [1.165, 1.54) is 19.2 Å². The van der Waals surface area contributed by atoms with E-state index < -0.39 is 17.7 Å². The zero-order chi connectivity index (χ0) is 13.5. The van der Waals surface area contributed by atoms with Crippen molar-refractivity contribution in [2.24, 2.45) is 0 Å². The van der Waals surface area contributed by atoms with Gasteiger partial charge in [-0.15, -0.1) is 0 Å². The van der Waals surface area contributed by atoms with Crippen LogP contribution in [0.2, 0.25) is 0 Å². The van der Waals surface area contributed by atoms with Crippen LogP contribution >= 0.6 is 0 Å². The van der Waals surface area contributed by atoms with Crippen molar-refractivity contribution >= 4 is 17.6 Å². The molecule has 18 heavy (non-hydrogen) atoms. The second-order valence-corrected chi connectivity index (χ2v) is 3.61. The molecule has 0 atom stereocenters. The van der Waals surface area contributed by atoms with E-state index in [0.717, 1.165) is 6.07 Å². The van der Waals surface area contributed by atoms with E-state index in [-0.39, 0.29) is 17.7 Å². The van der Waals surface area contributed by atoms with Gasteiger partial charge in [0, 0.05) is 20.1 Å². The Bertz CT molecular complexity index is 448. The van der Waals surface area contributed by atoms with Crippen molar-refractivity contribution < 1.29 is 23.8 Å². The number of carboxylic acid groups (broad SMARTS) is 1. The van der Waals surface area contributed by atoms with E-state index >= 15 is 0 Å². The molecule has 0 saturated carbocycles. The number of nitrogens with one attached hydrogen (secondary N) is 1. The number of benzene rings is 1. The predicted molar refractivity (Wildman–Crippen MR) is 63.1 cm³/mol. The van der Waals surface area contributed by atoms with Gasteiger partial charge in [-0.2, -0.15) is 0 Å². The van der Waals surface area contributed by atoms with Crippen LogP contribution in [0.5, 0.6) is 0 Å². The normalized spacial score (nSPS) is 10.1. The molecule has 2 N–H and O–H groups in total. The molecule has 0 aliphatic carbocycles. The molecule has 6 heteroatoms. The highest BCUT2D eigenvalue weighted by atomic mass is 19.1. The van der Waals surface area contributed by atoms with E-state index in [2.05, 4.69) is 5.32 Å². The summed E-state index contributed by atoms with van der Waals surface area (Å²) in [6.45, 7) is 0.413. The van der Waals surface area contributed by atoms with Crippen molar-refractivity contribution in [3.8, 4) is 0 Å². The molecule has 1 rings (SSSR count). The molecule has 0 aliphatic heterocycles. The maximum Gasteiger partial charge on any atom is 0.337 e. The van der Waals surface area contributed by atoms with Crippen molar-refractivity contribution in [1.29, 1.82) is 0 Å². The van der Waals surface area contributed by atoms with Crippen molar-refractivity contribution in [2.75, 3.05) is 19.0 Å². The van der Waals surface area contributed by atoms with Crippen LogP contribution in [0.1, 0.15) is 23.2 Å². The fraction of sp³-hybridized carbons (Fsp3) is 0.333. The summed E-state index contributed by atoms with van der Waals surface area (Å²) in [4.78, 5) is 22.4. The molecule has 1 aromatic rings. The quantitative estimate of drug-likeness (QED) is 0.761. The minimum atomic E-state index is -1.29. The number of hydrogen-bond acceptors (Lipinski definition) is 3. The summed E-state index contributed by atoms with van der Waals surface area (Å²) in [5.74, 6) is -2.50. The number of rotatable bonds is 6. The second kappa shape index (κ2) is 6.70. The zero-order valence-corrected chi connectivity index (χ0v) is 9.90. The third kappa shape index (κ3) is 3.81. The summed E-state index contributed by atoms with van der Waals surface area (Å²) < 4.78 is 18.2. The van der Waals surface area contributed by atoms with Crippen LogP contribution in [0.25, 0.3) is 0 Å². The van der Waals surface area contributed by atoms with Crippen LogP contribution in [0.3, 0.4) is 0 Å². The SMILES string of the molecule is COCCCC(=O)Nc1c(F)cccc1C(=O)O. The molecule has 0 unspecified atom stereocenters. The number of methoxy groups -OCH3 is 1. The summed E-state index contributed by atoms with van der Waals surface area (Å²) in [7, 11) is 1.51. The molecule has 0 spiro atoms. The number of aromatic carboxylic acids is 1. The molecule has 0 aromatic heterocycles. The molecule has 98 valence electrons.